The number of aliphatic hydroxyl groups is 3. The van der Waals surface area contributed by atoms with Gasteiger partial charge in [0.1, 0.15) is 54.5 Å². The van der Waals surface area contributed by atoms with E-state index in [4.69, 9.17) is 87.1 Å². The Morgan fingerprint density at radius 2 is 0.911 bits per heavy atom. The Bertz CT molecular complexity index is 5010. The summed E-state index contributed by atoms with van der Waals surface area (Å²) in [5.41, 5.74) is 9.85. The monoisotopic (exact) mass is 1660 g/mol. The van der Waals surface area contributed by atoms with Crippen molar-refractivity contribution in [3.05, 3.63) is 253 Å². The zero-order chi connectivity index (χ0) is 79.9. The first kappa shape index (κ1) is 108. The predicted molar refractivity (Wildman–Crippen MR) is 381 cm³/mol. The number of H-pyrrole nitrogens is 1. The second-order valence-electron chi connectivity index (χ2n) is 18.8. The molecule has 0 radical (unpaired) electrons. The van der Waals surface area contributed by atoms with Crippen molar-refractivity contribution in [1.29, 1.82) is 0 Å². The minimum atomic E-state index is -1.22. The molecule has 10 aromatic rings. The van der Waals surface area contributed by atoms with Crippen molar-refractivity contribution in [3.8, 4) is 34.4 Å². The van der Waals surface area contributed by atoms with Gasteiger partial charge >= 0.3 is 76.7 Å². The molecule has 0 fully saturated rings. The molecule has 1 amide bonds. The van der Waals surface area contributed by atoms with Crippen LogP contribution in [0.4, 0.5) is 56.2 Å². The van der Waals surface area contributed by atoms with E-state index >= 15 is 0 Å². The molecule has 0 saturated heterocycles. The van der Waals surface area contributed by atoms with Gasteiger partial charge in [0.25, 0.3) is 5.91 Å². The number of methoxy groups -OCH3 is 3. The summed E-state index contributed by atoms with van der Waals surface area (Å²) < 4.78 is 102. The van der Waals surface area contributed by atoms with Crippen LogP contribution in [0.3, 0.4) is 0 Å². The number of esters is 3. The zero-order valence-corrected chi connectivity index (χ0v) is 60.8. The Balaban J connectivity index is -0.000000397. The summed E-state index contributed by atoms with van der Waals surface area (Å²) in [5, 5.41) is 59.7. The smallest absolute Gasteiger partial charge is 1.00 e. The van der Waals surface area contributed by atoms with E-state index in [0.717, 1.165) is 80.3 Å². The van der Waals surface area contributed by atoms with Gasteiger partial charge in [-0.25, -0.2) is 89.9 Å². The maximum Gasteiger partial charge on any atom is 1.00 e. The van der Waals surface area contributed by atoms with E-state index in [2.05, 4.69) is 97.2 Å². The molecule has 42 heteroatoms. The fourth-order valence-electron chi connectivity index (χ4n) is 7.09. The number of anilines is 1. The Kier molecular flexibility index (Phi) is 53.1. The number of aliphatic hydroxyl groups excluding tert-OH is 3. The molecule has 4 aromatic heterocycles. The number of hydrogen-bond donors (Lipinski definition) is 10. The normalized spacial score (nSPS) is 9.49. The standard InChI is InChI=1S/C12H11FN2O4.C12H7FN2O3.C11H5FN2O3.C11H8N4O3.C8H4FNO2.C7H3BrFN.C4H9NO3.CH4O.CO.3CH4.ClH.Na.H2O/c1-14-9-4-3-7(5-8(9)13)11(17)15-10(6-16)12(18)19-2;1-14-9-4-3-7(5-8(9)13)11-15-10(6-18-11)12(16)17-2;1-13-8-3-2-6(4-7(8)12)10-14-9(5-17-10)11(15)16;12-9-6-2-1-5(3-7(6)14-15-9)10-13-8(4-18-10)11(16)17;1-10-7-3-2-5(8(11)12)4-6(7)9;1-10-7-3-2-5(8)4-6(7)9;1-8-4(7)3(5)2-6;2*1-2;;;;;;/h3-5,10,16H,6H2,2H3,(H,15,17);3-6H,2H3;2-5H,(H,15,16);1-4H,(H,16,17)(H3,12,14,15);2-4H,(H,11,12);2-4H;3,6H,2,5H2,1H3;2H,1H3;;3*1H4;1H;;1H2/q;;;;;;;;;;;;;+1;/p-1. The molecule has 14 N–H and O–H groups in total. The van der Waals surface area contributed by atoms with E-state index in [-0.39, 0.29) is 156 Å². The second-order valence-corrected chi connectivity index (χ2v) is 19.8. The van der Waals surface area contributed by atoms with E-state index in [1.807, 2.05) is 0 Å². The van der Waals surface area contributed by atoms with Gasteiger partial charge in [-0.1, -0.05) is 98.9 Å². The zero-order valence-electron chi connectivity index (χ0n) is 56.5. The summed E-state index contributed by atoms with van der Waals surface area (Å²) in [4.78, 5) is 102. The Labute approximate surface area is 670 Å². The molecule has 0 aliphatic heterocycles. The number of carbonyl (C=O) groups excluding carboxylic acids is 4. The number of ether oxygens (including phenoxy) is 3. The molecular formula is C70H65BrClF5N13NaO21. The number of aromatic nitrogens is 5. The van der Waals surface area contributed by atoms with E-state index in [0.29, 0.717) is 21.4 Å². The number of hydrogen-bond acceptors (Lipinski definition) is 22. The summed E-state index contributed by atoms with van der Waals surface area (Å²) in [7, 11) is 4.60. The van der Waals surface area contributed by atoms with Crippen LogP contribution >= 0.6 is 15.9 Å². The second kappa shape index (κ2) is 55.3. The number of carbonyl (C=O) groups is 7. The summed E-state index contributed by atoms with van der Waals surface area (Å²) in [6, 6.07) is 21.9. The first-order chi connectivity index (χ1) is 50.5. The third-order valence-corrected chi connectivity index (χ3v) is 12.7. The molecule has 0 bridgehead atoms. The fourth-order valence-corrected chi connectivity index (χ4v) is 7.43. The minimum absolute atomic E-state index is 0. The maximum absolute atomic E-state index is 13.4. The van der Waals surface area contributed by atoms with Gasteiger partial charge in [0, 0.05) is 39.2 Å². The van der Waals surface area contributed by atoms with Crippen LogP contribution in [-0.2, 0) is 28.5 Å². The van der Waals surface area contributed by atoms with Crippen LogP contribution in [0.2, 0.25) is 0 Å². The van der Waals surface area contributed by atoms with Crippen molar-refractivity contribution in [2.75, 3.05) is 47.4 Å². The summed E-state index contributed by atoms with van der Waals surface area (Å²) in [6.45, 7) is 36.7. The van der Waals surface area contributed by atoms with Gasteiger partial charge in [0.05, 0.1) is 71.9 Å². The largest absolute Gasteiger partial charge is 1.00 e. The molecule has 586 valence electrons. The maximum atomic E-state index is 13.4. The van der Waals surface area contributed by atoms with Crippen LogP contribution in [-0.4, -0.2) is 157 Å². The molecule has 34 nitrogen and oxygen atoms in total. The number of amides is 1. The van der Waals surface area contributed by atoms with Crippen LogP contribution in [0.5, 0.6) is 0 Å². The number of carboxylic acid groups (broad SMARTS) is 3. The average molecular weight is 1660 g/mol. The van der Waals surface area contributed by atoms with Crippen molar-refractivity contribution in [2.45, 2.75) is 34.4 Å². The summed E-state index contributed by atoms with van der Waals surface area (Å²) in [5.74, 6) is -8.98. The number of carboxylic acids is 3. The number of quaternary nitrogens is 1. The van der Waals surface area contributed by atoms with E-state index < -0.39 is 89.5 Å². The number of halogens is 7. The van der Waals surface area contributed by atoms with Gasteiger partial charge in [-0.15, -0.1) is 0 Å². The van der Waals surface area contributed by atoms with Gasteiger partial charge < -0.3 is 92.8 Å². The Hall–Kier alpha value is -13.1. The van der Waals surface area contributed by atoms with Crippen LogP contribution in [0.25, 0.3) is 69.5 Å². The van der Waals surface area contributed by atoms with E-state index in [1.165, 1.54) is 62.8 Å². The minimum Gasteiger partial charge on any atom is -1.00 e. The van der Waals surface area contributed by atoms with Crippen molar-refractivity contribution in [2.24, 2.45) is 0 Å². The number of fused-ring (bicyclic) bond motifs is 1. The Morgan fingerprint density at radius 3 is 1.25 bits per heavy atom. The molecule has 6 aromatic carbocycles. The van der Waals surface area contributed by atoms with Crippen molar-refractivity contribution in [3.63, 3.8) is 0 Å². The van der Waals surface area contributed by atoms with Gasteiger partial charge in [0.2, 0.25) is 52.2 Å². The van der Waals surface area contributed by atoms with Gasteiger partial charge in [-0.2, -0.15) is 5.10 Å². The van der Waals surface area contributed by atoms with Crippen LogP contribution in [0.15, 0.2) is 146 Å². The first-order valence-electron chi connectivity index (χ1n) is 28.1. The van der Waals surface area contributed by atoms with Gasteiger partial charge in [0.15, 0.2) is 28.9 Å². The summed E-state index contributed by atoms with van der Waals surface area (Å²) in [6.07, 6.45) is 3.20. The number of nitrogens with one attached hydrogen (secondary N) is 2. The molecular weight excluding hydrogens is 1590 g/mol. The molecule has 0 saturated carbocycles. The fraction of sp³-hybridized carbons (Fsp3) is 0.157. The topological polar surface area (TPSA) is 513 Å². The third-order valence-electron chi connectivity index (χ3n) is 12.2. The number of nitrogens with two attached hydrogens (primary N) is 1. The Morgan fingerprint density at radius 1 is 0.554 bits per heavy atom. The molecule has 0 spiro atoms. The number of nitrogens with zero attached hydrogens (tertiary/aromatic N) is 9. The molecule has 112 heavy (non-hydrogen) atoms. The molecule has 2 unspecified atom stereocenters. The summed E-state index contributed by atoms with van der Waals surface area (Å²) >= 11 is 3.08. The quantitative estimate of drug-likeness (QED) is 0.0159. The number of rotatable bonds is 13. The number of oxazole rings is 3. The molecule has 0 aliphatic rings. The number of nitrogen functional groups attached to an aromatic ring is 1. The predicted octanol–water partition coefficient (Wildman–Crippen LogP) is 5.97. The molecule has 10 rings (SSSR count). The van der Waals surface area contributed by atoms with Crippen LogP contribution in [0.1, 0.15) is 74.5 Å². The SMILES string of the molecule is C.C.C.CO.COC(=O)C([NH3+])CO.Nc1n[nH]c2cc(-c3nc(C(=O)O)co3)ccc12.[C-]#[N+]c1ccc(-c2nc(C(=O)O)co2)cc1F.[C-]#[N+]c1ccc(-c2nc(C(=O)OC)co2)cc1F.[C-]#[N+]c1ccc(Br)cc1F.[C-]#[N+]c1ccc(C(=O)NC(CO)C(=O)OC)cc1F.[C-]#[N+]c1ccc(C(=O)O)cc1F.[C-]#[O+].[Cl-].[Na+].[OH-]. The number of aromatic amines is 1. The number of benzene rings is 6. The van der Waals surface area contributed by atoms with Gasteiger partial charge in [-0.05, 0) is 48.5 Å². The van der Waals surface area contributed by atoms with Crippen molar-refractivity contribution < 1.29 is 171 Å². The average Bonchev–Trinajstić information content (AvgIpc) is 1.66. The molecule has 4 heterocycles. The third kappa shape index (κ3) is 32.8. The van der Waals surface area contributed by atoms with Crippen molar-refractivity contribution >= 4 is 103 Å². The van der Waals surface area contributed by atoms with Crippen LogP contribution in [0, 0.1) is 68.6 Å². The van der Waals surface area contributed by atoms with Gasteiger partial charge in [-0.3, -0.25) is 9.89 Å². The molecule has 0 aliphatic carbocycles. The van der Waals surface area contributed by atoms with Crippen LogP contribution < -0.4 is 58.7 Å². The van der Waals surface area contributed by atoms with E-state index in [1.54, 1.807) is 24.3 Å². The number of aromatic carboxylic acids is 3. The van der Waals surface area contributed by atoms with Crippen molar-refractivity contribution in [1.82, 2.24) is 30.5 Å². The first-order valence-corrected chi connectivity index (χ1v) is 28.9. The van der Waals surface area contributed by atoms with E-state index in [9.17, 15) is 55.5 Å². The molecule has 2 atom stereocenters.